The molecule has 1 aliphatic rings. The van der Waals surface area contributed by atoms with Gasteiger partial charge in [0.2, 0.25) is 0 Å². The lowest BCUT2D eigenvalue weighted by Crippen LogP contribution is -2.40. The normalized spacial score (nSPS) is 17.0. The van der Waals surface area contributed by atoms with Crippen LogP contribution in [0.3, 0.4) is 0 Å². The maximum atomic E-state index is 5.79. The van der Waals surface area contributed by atoms with E-state index < -0.39 is 0 Å². The minimum absolute atomic E-state index is 0.216. The number of nitrogens with one attached hydrogen (secondary N) is 2. The molecule has 2 heterocycles. The Morgan fingerprint density at radius 1 is 1.13 bits per heavy atom. The molecule has 3 rings (SSSR count). The van der Waals surface area contributed by atoms with Crippen molar-refractivity contribution in [2.45, 2.75) is 38.4 Å². The third-order valence-electron chi connectivity index (χ3n) is 4.94. The van der Waals surface area contributed by atoms with E-state index in [1.807, 2.05) is 36.4 Å². The van der Waals surface area contributed by atoms with Crippen molar-refractivity contribution in [2.24, 2.45) is 4.99 Å². The highest BCUT2D eigenvalue weighted by atomic mass is 16.5. The Hall–Kier alpha value is -2.51. The van der Waals surface area contributed by atoms with Gasteiger partial charge in [0.25, 0.3) is 0 Å². The van der Waals surface area contributed by atoms with Crippen molar-refractivity contribution < 1.29 is 18.6 Å². The van der Waals surface area contributed by atoms with Gasteiger partial charge in [-0.1, -0.05) is 12.1 Å². The van der Waals surface area contributed by atoms with Crippen molar-refractivity contribution in [3.63, 3.8) is 0 Å². The summed E-state index contributed by atoms with van der Waals surface area (Å²) in [5, 5.41) is 6.72. The first kappa shape index (κ1) is 22.2. The van der Waals surface area contributed by atoms with Gasteiger partial charge in [-0.25, -0.2) is 0 Å². The zero-order valence-electron chi connectivity index (χ0n) is 17.8. The molecule has 164 valence electrons. The minimum atomic E-state index is 0.216. The molecule has 0 spiro atoms. The Balaban J connectivity index is 1.39. The van der Waals surface area contributed by atoms with E-state index in [0.717, 1.165) is 55.4 Å². The predicted octanol–water partition coefficient (Wildman–Crippen LogP) is 3.15. The summed E-state index contributed by atoms with van der Waals surface area (Å²) in [6, 6.07) is 11.8. The van der Waals surface area contributed by atoms with Crippen LogP contribution in [0.1, 0.15) is 30.6 Å². The summed E-state index contributed by atoms with van der Waals surface area (Å²) in [6.45, 7) is 4.09. The molecule has 0 aliphatic carbocycles. The molecule has 7 nitrogen and oxygen atoms in total. The molecule has 0 bridgehead atoms. The van der Waals surface area contributed by atoms with Crippen LogP contribution < -0.4 is 15.4 Å². The smallest absolute Gasteiger partial charge is 0.191 e. The van der Waals surface area contributed by atoms with Gasteiger partial charge in [0.15, 0.2) is 5.96 Å². The van der Waals surface area contributed by atoms with Gasteiger partial charge in [-0.15, -0.1) is 0 Å². The maximum absolute atomic E-state index is 5.79. The number of hydrogen-bond acceptors (Lipinski definition) is 5. The predicted molar refractivity (Wildman–Crippen MR) is 117 cm³/mol. The van der Waals surface area contributed by atoms with Gasteiger partial charge in [-0.2, -0.15) is 0 Å². The fourth-order valence-electron chi connectivity index (χ4n) is 3.23. The van der Waals surface area contributed by atoms with E-state index >= 15 is 0 Å². The van der Waals surface area contributed by atoms with E-state index in [0.29, 0.717) is 26.3 Å². The number of methoxy groups -OCH3 is 1. The lowest BCUT2D eigenvalue weighted by molar-refractivity contribution is 0.0224. The first-order valence-corrected chi connectivity index (χ1v) is 10.7. The lowest BCUT2D eigenvalue weighted by Gasteiger charge is -2.21. The van der Waals surface area contributed by atoms with Crippen LogP contribution in [0.4, 0.5) is 0 Å². The van der Waals surface area contributed by atoms with Crippen LogP contribution in [-0.4, -0.2) is 52.0 Å². The Bertz CT molecular complexity index is 725. The Labute approximate surface area is 178 Å². The number of hydrogen-bond donors (Lipinski definition) is 2. The summed E-state index contributed by atoms with van der Waals surface area (Å²) in [5.41, 5.74) is 1.12. The third-order valence-corrected chi connectivity index (χ3v) is 4.94. The van der Waals surface area contributed by atoms with Crippen LogP contribution in [0.2, 0.25) is 0 Å². The van der Waals surface area contributed by atoms with E-state index in [1.165, 1.54) is 6.42 Å². The van der Waals surface area contributed by atoms with Crippen molar-refractivity contribution in [3.8, 4) is 5.75 Å². The largest absolute Gasteiger partial charge is 0.497 e. The zero-order chi connectivity index (χ0) is 20.9. The van der Waals surface area contributed by atoms with Crippen LogP contribution in [0.15, 0.2) is 52.1 Å². The molecule has 1 saturated heterocycles. The molecule has 0 saturated carbocycles. The quantitative estimate of drug-likeness (QED) is 0.334. The molecule has 0 amide bonds. The third kappa shape index (κ3) is 8.08. The average Bonchev–Trinajstić information content (AvgIpc) is 3.31. The van der Waals surface area contributed by atoms with E-state index in [4.69, 9.17) is 23.6 Å². The molecular formula is C23H33N3O4. The number of rotatable bonds is 11. The fourth-order valence-corrected chi connectivity index (χ4v) is 3.23. The second-order valence-electron chi connectivity index (χ2n) is 7.26. The summed E-state index contributed by atoms with van der Waals surface area (Å²) >= 11 is 0. The van der Waals surface area contributed by atoms with Gasteiger partial charge >= 0.3 is 0 Å². The summed E-state index contributed by atoms with van der Waals surface area (Å²) in [7, 11) is 1.67. The van der Waals surface area contributed by atoms with E-state index in [2.05, 4.69) is 10.6 Å². The van der Waals surface area contributed by atoms with Crippen molar-refractivity contribution in [2.75, 3.05) is 40.0 Å². The molecule has 30 heavy (non-hydrogen) atoms. The zero-order valence-corrected chi connectivity index (χ0v) is 17.8. The molecule has 2 aromatic rings. The van der Waals surface area contributed by atoms with Gasteiger partial charge in [-0.3, -0.25) is 4.99 Å². The first-order chi connectivity index (χ1) is 14.8. The van der Waals surface area contributed by atoms with Crippen LogP contribution in [-0.2, 0) is 22.5 Å². The Kier molecular flexibility index (Phi) is 9.56. The van der Waals surface area contributed by atoms with Gasteiger partial charge in [-0.05, 0) is 49.1 Å². The maximum Gasteiger partial charge on any atom is 0.191 e. The van der Waals surface area contributed by atoms with Gasteiger partial charge in [0.05, 0.1) is 39.2 Å². The van der Waals surface area contributed by atoms with Crippen molar-refractivity contribution in [3.05, 3.63) is 54.0 Å². The highest BCUT2D eigenvalue weighted by molar-refractivity contribution is 5.79. The highest BCUT2D eigenvalue weighted by Gasteiger charge is 2.13. The number of benzene rings is 1. The SMILES string of the molecule is COc1ccc(COCCNC(=NCC2CCCCO2)NCCc2ccco2)cc1. The van der Waals surface area contributed by atoms with E-state index in [9.17, 15) is 0 Å². The number of ether oxygens (including phenoxy) is 3. The van der Waals surface area contributed by atoms with E-state index in [1.54, 1.807) is 13.4 Å². The standard InChI is InChI=1S/C23H33N3O4/c1-27-20-9-7-19(8-10-20)18-28-16-13-25-23(24-12-11-21-6-4-15-29-21)26-17-22-5-2-3-14-30-22/h4,6-10,15,22H,2-3,5,11-14,16-18H2,1H3,(H2,24,25,26). The van der Waals surface area contributed by atoms with Gasteiger partial charge < -0.3 is 29.3 Å². The molecule has 1 aromatic heterocycles. The summed E-state index contributed by atoms with van der Waals surface area (Å²) in [4.78, 5) is 4.71. The first-order valence-electron chi connectivity index (χ1n) is 10.7. The number of aliphatic imine (C=N–C) groups is 1. The molecule has 1 atom stereocenters. The van der Waals surface area contributed by atoms with Crippen LogP contribution >= 0.6 is 0 Å². The monoisotopic (exact) mass is 415 g/mol. The molecule has 1 fully saturated rings. The fraction of sp³-hybridized carbons (Fsp3) is 0.522. The van der Waals surface area contributed by atoms with Crippen LogP contribution in [0.5, 0.6) is 5.75 Å². The number of nitrogens with zero attached hydrogens (tertiary/aromatic N) is 1. The molecule has 1 aliphatic heterocycles. The van der Waals surface area contributed by atoms with E-state index in [-0.39, 0.29) is 6.10 Å². The highest BCUT2D eigenvalue weighted by Crippen LogP contribution is 2.13. The molecular weight excluding hydrogens is 382 g/mol. The summed E-state index contributed by atoms with van der Waals surface area (Å²) < 4.78 is 22.1. The summed E-state index contributed by atoms with van der Waals surface area (Å²) in [6.07, 6.45) is 6.17. The molecule has 1 aromatic carbocycles. The van der Waals surface area contributed by atoms with Crippen LogP contribution in [0, 0.1) is 0 Å². The van der Waals surface area contributed by atoms with Crippen molar-refractivity contribution in [1.29, 1.82) is 0 Å². The second-order valence-corrected chi connectivity index (χ2v) is 7.26. The molecule has 7 heteroatoms. The van der Waals surface area contributed by atoms with Crippen molar-refractivity contribution in [1.82, 2.24) is 10.6 Å². The lowest BCUT2D eigenvalue weighted by atomic mass is 10.1. The molecule has 1 unspecified atom stereocenters. The summed E-state index contributed by atoms with van der Waals surface area (Å²) in [5.74, 6) is 2.59. The van der Waals surface area contributed by atoms with Crippen molar-refractivity contribution >= 4 is 5.96 Å². The minimum Gasteiger partial charge on any atom is -0.497 e. The van der Waals surface area contributed by atoms with Gasteiger partial charge in [0.1, 0.15) is 11.5 Å². The Morgan fingerprint density at radius 3 is 2.73 bits per heavy atom. The number of guanidine groups is 1. The van der Waals surface area contributed by atoms with Gasteiger partial charge in [0, 0.05) is 26.1 Å². The second kappa shape index (κ2) is 12.9. The molecule has 0 radical (unpaired) electrons. The molecule has 2 N–H and O–H groups in total. The number of furan rings is 1. The topological polar surface area (TPSA) is 77.2 Å². The average molecular weight is 416 g/mol. The Morgan fingerprint density at radius 2 is 2.00 bits per heavy atom. The van der Waals surface area contributed by atoms with Crippen LogP contribution in [0.25, 0.3) is 0 Å².